The number of rotatable bonds is 8. The number of aromatic nitrogens is 1. The van der Waals surface area contributed by atoms with Gasteiger partial charge in [0, 0.05) is 44.2 Å². The van der Waals surface area contributed by atoms with Gasteiger partial charge >= 0.3 is 0 Å². The third-order valence-corrected chi connectivity index (χ3v) is 5.54. The van der Waals surface area contributed by atoms with Crippen LogP contribution in [0.1, 0.15) is 39.4 Å². The molecule has 0 aliphatic rings. The van der Waals surface area contributed by atoms with Crippen LogP contribution in [0.2, 0.25) is 0 Å². The summed E-state index contributed by atoms with van der Waals surface area (Å²) in [5.41, 5.74) is 6.53. The number of sulfonamides is 1. The lowest BCUT2D eigenvalue weighted by Crippen LogP contribution is -2.40. The highest BCUT2D eigenvalue weighted by Gasteiger charge is 2.29. The monoisotopic (exact) mass is 317 g/mol. The Hall–Kier alpha value is -0.890. The molecule has 1 atom stereocenters. The first-order valence-electron chi connectivity index (χ1n) is 7.21. The van der Waals surface area contributed by atoms with Crippen molar-refractivity contribution >= 4 is 10.0 Å². The molecule has 6 nitrogen and oxygen atoms in total. The second-order valence-electron chi connectivity index (χ2n) is 5.39. The summed E-state index contributed by atoms with van der Waals surface area (Å²) in [5, 5.41) is 0. The topological polar surface area (TPSA) is 77.6 Å². The average Bonchev–Trinajstić information content (AvgIpc) is 2.84. The molecule has 21 heavy (non-hydrogen) atoms. The highest BCUT2D eigenvalue weighted by molar-refractivity contribution is 7.89. The van der Waals surface area contributed by atoms with E-state index in [-0.39, 0.29) is 12.1 Å². The summed E-state index contributed by atoms with van der Waals surface area (Å²) in [4.78, 5) is 0.293. The number of hydrogen-bond acceptors (Lipinski definition) is 4. The molecule has 7 heteroatoms. The van der Waals surface area contributed by atoms with Crippen LogP contribution < -0.4 is 5.73 Å². The van der Waals surface area contributed by atoms with Crippen LogP contribution in [0.3, 0.4) is 0 Å². The number of methoxy groups -OCH3 is 1. The number of likely N-dealkylation sites (N-methyl/N-ethyl adjacent to an activating group) is 1. The first-order chi connectivity index (χ1) is 9.79. The summed E-state index contributed by atoms with van der Waals surface area (Å²) in [7, 11) is -1.97. The minimum atomic E-state index is -3.54. The van der Waals surface area contributed by atoms with Gasteiger partial charge in [-0.2, -0.15) is 4.31 Å². The van der Waals surface area contributed by atoms with Crippen molar-refractivity contribution < 1.29 is 13.2 Å². The van der Waals surface area contributed by atoms with Crippen molar-refractivity contribution in [2.75, 3.05) is 20.3 Å². The lowest BCUT2D eigenvalue weighted by atomic mass is 10.3. The van der Waals surface area contributed by atoms with Gasteiger partial charge in [0.2, 0.25) is 10.0 Å². The van der Waals surface area contributed by atoms with Gasteiger partial charge in [0.05, 0.1) is 6.61 Å². The lowest BCUT2D eigenvalue weighted by molar-refractivity contribution is 0.142. The van der Waals surface area contributed by atoms with Gasteiger partial charge < -0.3 is 15.0 Å². The third kappa shape index (κ3) is 3.85. The molecule has 0 fully saturated rings. The molecular weight excluding hydrogens is 290 g/mol. The van der Waals surface area contributed by atoms with E-state index in [0.717, 1.165) is 5.69 Å². The fourth-order valence-electron chi connectivity index (χ4n) is 2.46. The summed E-state index contributed by atoms with van der Waals surface area (Å²) in [6.07, 6.45) is 1.67. The van der Waals surface area contributed by atoms with Gasteiger partial charge in [0.15, 0.2) is 0 Å². The highest BCUT2D eigenvalue weighted by Crippen LogP contribution is 2.23. The summed E-state index contributed by atoms with van der Waals surface area (Å²) in [6.45, 7) is 8.75. The molecule has 0 saturated carbocycles. The zero-order valence-electron chi connectivity index (χ0n) is 13.5. The van der Waals surface area contributed by atoms with Crippen molar-refractivity contribution in [2.24, 2.45) is 5.73 Å². The van der Waals surface area contributed by atoms with Gasteiger partial charge in [-0.3, -0.25) is 0 Å². The van der Waals surface area contributed by atoms with E-state index in [4.69, 9.17) is 10.5 Å². The minimum Gasteiger partial charge on any atom is -0.383 e. The van der Waals surface area contributed by atoms with Crippen LogP contribution in [0.5, 0.6) is 0 Å². The molecule has 0 aliphatic carbocycles. The van der Waals surface area contributed by atoms with Crippen LogP contribution in [0.4, 0.5) is 0 Å². The molecule has 0 radical (unpaired) electrons. The Morgan fingerprint density at radius 1 is 1.38 bits per heavy atom. The van der Waals surface area contributed by atoms with E-state index >= 15 is 0 Å². The van der Waals surface area contributed by atoms with Crippen molar-refractivity contribution in [3.8, 4) is 0 Å². The van der Waals surface area contributed by atoms with Gasteiger partial charge in [-0.15, -0.1) is 0 Å². The first kappa shape index (κ1) is 18.2. The molecule has 1 aromatic heterocycles. The van der Waals surface area contributed by atoms with E-state index in [2.05, 4.69) is 0 Å². The van der Waals surface area contributed by atoms with Gasteiger partial charge in [-0.25, -0.2) is 8.42 Å². The highest BCUT2D eigenvalue weighted by atomic mass is 32.2. The van der Waals surface area contributed by atoms with Crippen LogP contribution in [0, 0.1) is 0 Å². The fraction of sp³-hybridized carbons (Fsp3) is 0.714. The van der Waals surface area contributed by atoms with Crippen LogP contribution in [0.15, 0.2) is 17.2 Å². The Labute approximate surface area is 127 Å². The Morgan fingerprint density at radius 3 is 2.38 bits per heavy atom. The Kier molecular flexibility index (Phi) is 6.40. The zero-order valence-corrected chi connectivity index (χ0v) is 14.4. The molecule has 122 valence electrons. The predicted molar refractivity (Wildman–Crippen MR) is 83.6 cm³/mol. The van der Waals surface area contributed by atoms with Crippen molar-refractivity contribution in [1.82, 2.24) is 8.87 Å². The predicted octanol–water partition coefficient (Wildman–Crippen LogP) is 1.57. The molecule has 0 amide bonds. The largest absolute Gasteiger partial charge is 0.383 e. The second-order valence-corrected chi connectivity index (χ2v) is 7.28. The smallest absolute Gasteiger partial charge is 0.244 e. The van der Waals surface area contributed by atoms with Crippen LogP contribution in [0.25, 0.3) is 0 Å². The van der Waals surface area contributed by atoms with Crippen molar-refractivity contribution in [3.63, 3.8) is 0 Å². The maximum absolute atomic E-state index is 12.8. The Morgan fingerprint density at radius 2 is 2.00 bits per heavy atom. The molecule has 2 N–H and O–H groups in total. The van der Waals surface area contributed by atoms with Gasteiger partial charge in [0.25, 0.3) is 0 Å². The molecule has 0 aliphatic heterocycles. The van der Waals surface area contributed by atoms with Gasteiger partial charge in [0.1, 0.15) is 4.90 Å². The molecule has 1 rings (SSSR count). The normalized spacial score (nSPS) is 14.1. The molecule has 1 unspecified atom stereocenters. The summed E-state index contributed by atoms with van der Waals surface area (Å²) >= 11 is 0. The van der Waals surface area contributed by atoms with Crippen molar-refractivity contribution in [2.45, 2.75) is 51.2 Å². The van der Waals surface area contributed by atoms with Crippen LogP contribution >= 0.6 is 0 Å². The molecule has 1 aromatic rings. The third-order valence-electron chi connectivity index (χ3n) is 3.49. The number of nitrogens with two attached hydrogens (primary N) is 1. The van der Waals surface area contributed by atoms with Gasteiger partial charge in [-0.1, -0.05) is 6.92 Å². The zero-order chi connectivity index (χ0) is 16.2. The van der Waals surface area contributed by atoms with Crippen molar-refractivity contribution in [1.29, 1.82) is 0 Å². The molecule has 0 spiro atoms. The van der Waals surface area contributed by atoms with Crippen molar-refractivity contribution in [3.05, 3.63) is 18.0 Å². The van der Waals surface area contributed by atoms with E-state index < -0.39 is 10.0 Å². The number of nitrogens with zero attached hydrogens (tertiary/aromatic N) is 2. The SMILES string of the molecule is CCN(C(C)COC)S(=O)(=O)c1cc(CN)n(C(C)C)c1. The second kappa shape index (κ2) is 7.40. The Bertz CT molecular complexity index is 552. The molecule has 0 aromatic carbocycles. The van der Waals surface area contributed by atoms with Crippen LogP contribution in [-0.2, 0) is 21.3 Å². The number of hydrogen-bond donors (Lipinski definition) is 1. The fourth-order valence-corrected chi connectivity index (χ4v) is 4.14. The maximum atomic E-state index is 12.8. The van der Waals surface area contributed by atoms with E-state index in [0.29, 0.717) is 24.6 Å². The average molecular weight is 317 g/mol. The lowest BCUT2D eigenvalue weighted by Gasteiger charge is -2.26. The van der Waals surface area contributed by atoms with E-state index in [1.807, 2.05) is 32.3 Å². The maximum Gasteiger partial charge on any atom is 0.244 e. The summed E-state index contributed by atoms with van der Waals surface area (Å²) in [5.74, 6) is 0. The molecular formula is C14H27N3O3S. The van der Waals surface area contributed by atoms with E-state index in [1.165, 1.54) is 4.31 Å². The van der Waals surface area contributed by atoms with E-state index in [9.17, 15) is 8.42 Å². The van der Waals surface area contributed by atoms with E-state index in [1.54, 1.807) is 19.4 Å². The standard InChI is InChI=1S/C14H27N3O3S/c1-6-17(12(4)10-20-5)21(18,19)14-7-13(8-15)16(9-14)11(2)3/h7,9,11-12H,6,8,10,15H2,1-5H3. The molecule has 0 saturated heterocycles. The quantitative estimate of drug-likeness (QED) is 0.789. The first-order valence-corrected chi connectivity index (χ1v) is 8.65. The number of ether oxygens (including phenoxy) is 1. The summed E-state index contributed by atoms with van der Waals surface area (Å²) in [6, 6.07) is 1.62. The Balaban J connectivity index is 3.23. The minimum absolute atomic E-state index is 0.166. The van der Waals surface area contributed by atoms with Crippen LogP contribution in [-0.4, -0.2) is 43.6 Å². The summed E-state index contributed by atoms with van der Waals surface area (Å²) < 4.78 is 34.0. The molecule has 0 bridgehead atoms. The molecule has 1 heterocycles. The van der Waals surface area contributed by atoms with Gasteiger partial charge in [-0.05, 0) is 26.8 Å².